The zero-order valence-corrected chi connectivity index (χ0v) is 27.0. The molecule has 1 aromatic carbocycles. The Morgan fingerprint density at radius 2 is 1.58 bits per heavy atom. The summed E-state index contributed by atoms with van der Waals surface area (Å²) in [4.78, 5) is 96.8. The molecule has 3 N–H and O–H groups in total. The number of fused-ring (bicyclic) bond motifs is 2. The van der Waals surface area contributed by atoms with Crippen molar-refractivity contribution in [2.75, 3.05) is 26.7 Å². The molecule has 14 nitrogen and oxygen atoms in total. The van der Waals surface area contributed by atoms with E-state index in [-0.39, 0.29) is 37.9 Å². The highest BCUT2D eigenvalue weighted by molar-refractivity contribution is 5.98. The fourth-order valence-electron chi connectivity index (χ4n) is 6.12. The summed E-state index contributed by atoms with van der Waals surface area (Å²) in [6.07, 6.45) is 1.91. The van der Waals surface area contributed by atoms with Crippen LogP contribution in [0.2, 0.25) is 0 Å². The van der Waals surface area contributed by atoms with Crippen LogP contribution in [0.15, 0.2) is 30.9 Å². The predicted molar refractivity (Wildman–Crippen MR) is 164 cm³/mol. The maximum atomic E-state index is 14.0. The summed E-state index contributed by atoms with van der Waals surface area (Å²) in [6, 6.07) is -4.48. The lowest BCUT2D eigenvalue weighted by Gasteiger charge is -2.34. The first-order chi connectivity index (χ1) is 22.7. The third-order valence-electron chi connectivity index (χ3n) is 8.85. The van der Waals surface area contributed by atoms with Gasteiger partial charge >= 0.3 is 5.97 Å². The second kappa shape index (κ2) is 15.3. The number of amides is 6. The summed E-state index contributed by atoms with van der Waals surface area (Å²) in [7, 11) is 1.41. The van der Waals surface area contributed by atoms with Crippen molar-refractivity contribution < 1.29 is 47.1 Å². The molecule has 6 atom stereocenters. The van der Waals surface area contributed by atoms with Crippen LogP contribution in [0.25, 0.3) is 0 Å². The number of halogens is 2. The van der Waals surface area contributed by atoms with Crippen LogP contribution in [0.1, 0.15) is 45.1 Å². The summed E-state index contributed by atoms with van der Waals surface area (Å²) in [6.45, 7) is 5.96. The van der Waals surface area contributed by atoms with Crippen LogP contribution in [-0.4, -0.2) is 119 Å². The van der Waals surface area contributed by atoms with Gasteiger partial charge in [-0.05, 0) is 63.3 Å². The van der Waals surface area contributed by atoms with E-state index in [0.717, 1.165) is 18.2 Å². The first-order valence-corrected chi connectivity index (χ1v) is 15.7. The van der Waals surface area contributed by atoms with Gasteiger partial charge in [0.25, 0.3) is 0 Å². The number of nitrogens with one attached hydrogen (secondary N) is 3. The lowest BCUT2D eigenvalue weighted by molar-refractivity contribution is -0.158. The van der Waals surface area contributed by atoms with E-state index < -0.39 is 95.9 Å². The monoisotopic (exact) mass is 674 g/mol. The van der Waals surface area contributed by atoms with E-state index in [1.807, 2.05) is 0 Å². The minimum absolute atomic E-state index is 0.0272. The molecular formula is C32H40F2N6O8. The molecule has 16 heteroatoms. The maximum absolute atomic E-state index is 14.0. The standard InChI is InChI=1S/C32H40F2N6O8/c1-5-26(41)36-22(14-19-12-20(33)15-21(34)13-19)28(43)37-23-16-48-32(47)25-9-7-11-40(25)29(44)17(2)35-27(42)18(3)38(4)31(46)24-8-6-10-39(24)30(23)45/h5,12-13,15,17-18,22-25H,1,6-11,14,16H2,2-4H3,(H,35,42)(H,36,41)(H,37,43)/t17-,18-,22-,23-,24-,25-/m0/s1. The number of carbonyl (C=O) groups excluding carboxylic acids is 7. The van der Waals surface area contributed by atoms with Crippen molar-refractivity contribution >= 4 is 41.4 Å². The van der Waals surface area contributed by atoms with Crippen LogP contribution in [0.5, 0.6) is 0 Å². The molecule has 6 amide bonds. The largest absolute Gasteiger partial charge is 0.461 e. The van der Waals surface area contributed by atoms with Crippen LogP contribution in [0.4, 0.5) is 8.78 Å². The number of cyclic esters (lactones) is 1. The molecular weight excluding hydrogens is 634 g/mol. The van der Waals surface area contributed by atoms with Gasteiger partial charge in [-0.2, -0.15) is 0 Å². The van der Waals surface area contributed by atoms with Gasteiger partial charge < -0.3 is 35.4 Å². The fraction of sp³-hybridized carbons (Fsp3) is 0.531. The van der Waals surface area contributed by atoms with Gasteiger partial charge in [0.2, 0.25) is 35.4 Å². The Kier molecular flexibility index (Phi) is 11.5. The second-order valence-electron chi connectivity index (χ2n) is 12.2. The third kappa shape index (κ3) is 8.15. The molecule has 48 heavy (non-hydrogen) atoms. The van der Waals surface area contributed by atoms with E-state index in [0.29, 0.717) is 18.9 Å². The Hall–Kier alpha value is -4.89. The Balaban J connectivity index is 1.67. The Morgan fingerprint density at radius 3 is 2.21 bits per heavy atom. The lowest BCUT2D eigenvalue weighted by Crippen LogP contribution is -2.60. The highest BCUT2D eigenvalue weighted by Gasteiger charge is 2.43. The van der Waals surface area contributed by atoms with E-state index in [2.05, 4.69) is 22.5 Å². The van der Waals surface area contributed by atoms with Crippen molar-refractivity contribution in [3.05, 3.63) is 48.1 Å². The van der Waals surface area contributed by atoms with E-state index in [9.17, 15) is 42.3 Å². The average Bonchev–Trinajstić information content (AvgIpc) is 3.74. The number of rotatable bonds is 6. The Labute approximate surface area is 276 Å². The number of nitrogens with zero attached hydrogens (tertiary/aromatic N) is 3. The number of likely N-dealkylation sites (N-methyl/N-ethyl adjacent to an activating group) is 1. The summed E-state index contributed by atoms with van der Waals surface area (Å²) < 4.78 is 33.4. The number of esters is 1. The summed E-state index contributed by atoms with van der Waals surface area (Å²) >= 11 is 0. The highest BCUT2D eigenvalue weighted by Crippen LogP contribution is 2.23. The molecule has 3 fully saturated rings. The van der Waals surface area contributed by atoms with Crippen LogP contribution in [0, 0.1) is 11.6 Å². The number of ether oxygens (including phenoxy) is 1. The summed E-state index contributed by atoms with van der Waals surface area (Å²) in [5.41, 5.74) is 0.0272. The van der Waals surface area contributed by atoms with Crippen molar-refractivity contribution in [1.29, 1.82) is 0 Å². The highest BCUT2D eigenvalue weighted by atomic mass is 19.1. The number of benzene rings is 1. The third-order valence-corrected chi connectivity index (χ3v) is 8.85. The minimum atomic E-state index is -1.56. The van der Waals surface area contributed by atoms with E-state index >= 15 is 0 Å². The van der Waals surface area contributed by atoms with E-state index in [1.54, 1.807) is 0 Å². The molecule has 3 aliphatic rings. The van der Waals surface area contributed by atoms with Crippen molar-refractivity contribution in [2.45, 2.75) is 82.2 Å². The zero-order valence-electron chi connectivity index (χ0n) is 27.0. The number of hydrogen-bond donors (Lipinski definition) is 3. The molecule has 1 aromatic rings. The van der Waals surface area contributed by atoms with Gasteiger partial charge in [-0.25, -0.2) is 13.6 Å². The molecule has 0 aromatic heterocycles. The summed E-state index contributed by atoms with van der Waals surface area (Å²) in [5, 5.41) is 7.48. The van der Waals surface area contributed by atoms with E-state index in [4.69, 9.17) is 4.74 Å². The van der Waals surface area contributed by atoms with E-state index in [1.165, 1.54) is 35.6 Å². The number of hydrogen-bond acceptors (Lipinski definition) is 8. The van der Waals surface area contributed by atoms with Crippen molar-refractivity contribution in [1.82, 2.24) is 30.7 Å². The average molecular weight is 675 g/mol. The normalized spacial score (nSPS) is 26.3. The summed E-state index contributed by atoms with van der Waals surface area (Å²) in [5.74, 6) is -6.86. The quantitative estimate of drug-likeness (QED) is 0.269. The van der Waals surface area contributed by atoms with Gasteiger partial charge in [-0.3, -0.25) is 28.8 Å². The van der Waals surface area contributed by atoms with Crippen molar-refractivity contribution in [3.63, 3.8) is 0 Å². The van der Waals surface area contributed by atoms with Crippen LogP contribution in [0.3, 0.4) is 0 Å². The molecule has 0 radical (unpaired) electrons. The van der Waals surface area contributed by atoms with Gasteiger partial charge in [-0.1, -0.05) is 6.58 Å². The molecule has 3 saturated heterocycles. The van der Waals surface area contributed by atoms with Gasteiger partial charge in [0.15, 0.2) is 0 Å². The molecule has 3 heterocycles. The number of carbonyl (C=O) groups is 7. The lowest BCUT2D eigenvalue weighted by atomic mass is 10.0. The van der Waals surface area contributed by atoms with Crippen molar-refractivity contribution in [3.8, 4) is 0 Å². The zero-order chi connectivity index (χ0) is 35.3. The molecule has 0 bridgehead atoms. The SMILES string of the molecule is C=CC(=O)N[C@@H](Cc1cc(F)cc(F)c1)C(=O)N[C@H]1COC(=O)[C@@H]2CCCN2C(=O)[C@H](C)NC(=O)[C@H](C)N(C)C(=O)[C@@H]2CCCN2C1=O. The second-order valence-corrected chi connectivity index (χ2v) is 12.2. The van der Waals surface area contributed by atoms with Crippen LogP contribution >= 0.6 is 0 Å². The Morgan fingerprint density at radius 1 is 0.979 bits per heavy atom. The Bertz CT molecular complexity index is 1470. The molecule has 3 aliphatic heterocycles. The molecule has 4 rings (SSSR count). The smallest absolute Gasteiger partial charge is 0.328 e. The van der Waals surface area contributed by atoms with Gasteiger partial charge in [0, 0.05) is 32.6 Å². The van der Waals surface area contributed by atoms with Gasteiger partial charge in [0.05, 0.1) is 0 Å². The van der Waals surface area contributed by atoms with Crippen LogP contribution < -0.4 is 16.0 Å². The topological polar surface area (TPSA) is 175 Å². The first kappa shape index (κ1) is 36.0. The van der Waals surface area contributed by atoms with Crippen molar-refractivity contribution in [2.24, 2.45) is 0 Å². The molecule has 0 aliphatic carbocycles. The molecule has 0 spiro atoms. The van der Waals surface area contributed by atoms with Crippen LogP contribution in [-0.2, 0) is 44.7 Å². The molecule has 0 unspecified atom stereocenters. The van der Waals surface area contributed by atoms with Gasteiger partial charge in [0.1, 0.15) is 54.5 Å². The fourth-order valence-corrected chi connectivity index (χ4v) is 6.12. The first-order valence-electron chi connectivity index (χ1n) is 15.7. The minimum Gasteiger partial charge on any atom is -0.461 e. The predicted octanol–water partition coefficient (Wildman–Crippen LogP) is -0.447. The molecule has 0 saturated carbocycles. The van der Waals surface area contributed by atoms with Gasteiger partial charge in [-0.15, -0.1) is 0 Å². The maximum Gasteiger partial charge on any atom is 0.328 e. The molecule has 260 valence electrons.